The molecule has 2 fully saturated rings. The molecule has 0 radical (unpaired) electrons. The normalized spacial score (nSPS) is 22.2. The standard InChI is InChI=1S/C24H23ClF3N7O3S2/c25-17-11-14(26)1-2-16(17)21-20(18-3-5-35(31-18)24(27)28)19-12-15(32-40(36,37)33-6-8-38-9-7-33)13-34(19)22(30-21)23-29-4-10-39-23/h1-5,10-11,15,21,24,32H,6-9,12-13H2/t15-,21-/m0/s1. The minimum absolute atomic E-state index is 0.106. The molecule has 3 aromatic rings. The highest BCUT2D eigenvalue weighted by Crippen LogP contribution is 2.46. The molecule has 2 atom stereocenters. The Kier molecular flexibility index (Phi) is 7.43. The molecular formula is C24H23ClF3N7O3S2. The summed E-state index contributed by atoms with van der Waals surface area (Å²) in [4.78, 5) is 11.2. The lowest BCUT2D eigenvalue weighted by Gasteiger charge is -2.32. The highest BCUT2D eigenvalue weighted by Gasteiger charge is 2.42. The molecule has 0 unspecified atom stereocenters. The first-order valence-electron chi connectivity index (χ1n) is 12.3. The van der Waals surface area contributed by atoms with Gasteiger partial charge >= 0.3 is 6.55 Å². The van der Waals surface area contributed by atoms with Crippen molar-refractivity contribution in [1.29, 1.82) is 0 Å². The van der Waals surface area contributed by atoms with E-state index in [1.54, 1.807) is 11.6 Å². The van der Waals surface area contributed by atoms with Crippen LogP contribution in [0.25, 0.3) is 5.57 Å². The molecule has 5 heterocycles. The molecule has 2 aromatic heterocycles. The Morgan fingerprint density at radius 1 is 1.20 bits per heavy atom. The summed E-state index contributed by atoms with van der Waals surface area (Å²) in [5.41, 5.74) is 1.79. The quantitative estimate of drug-likeness (QED) is 0.436. The number of hydrogen-bond acceptors (Lipinski definition) is 8. The molecule has 212 valence electrons. The molecule has 1 N–H and O–H groups in total. The predicted molar refractivity (Wildman–Crippen MR) is 143 cm³/mol. The van der Waals surface area contributed by atoms with E-state index in [2.05, 4.69) is 14.8 Å². The zero-order valence-corrected chi connectivity index (χ0v) is 23.1. The molecular weight excluding hydrogens is 591 g/mol. The molecule has 1 aromatic carbocycles. The van der Waals surface area contributed by atoms with Crippen LogP contribution in [0.1, 0.15) is 35.3 Å². The second-order valence-electron chi connectivity index (χ2n) is 9.32. The maximum absolute atomic E-state index is 14.0. The fraction of sp³-hybridized carbons (Fsp3) is 0.375. The number of aromatic nitrogens is 3. The van der Waals surface area contributed by atoms with E-state index in [0.717, 1.165) is 12.3 Å². The van der Waals surface area contributed by atoms with Gasteiger partial charge in [0.05, 0.1) is 18.9 Å². The third-order valence-corrected chi connectivity index (χ3v) is 9.62. The second-order valence-corrected chi connectivity index (χ2v) is 12.3. The number of morpholine rings is 1. The fourth-order valence-electron chi connectivity index (χ4n) is 5.10. The Balaban J connectivity index is 1.47. The summed E-state index contributed by atoms with van der Waals surface area (Å²) < 4.78 is 77.3. The fourth-order valence-corrected chi connectivity index (χ4v) is 7.37. The number of rotatable bonds is 7. The Labute approximate surface area is 236 Å². The third-order valence-electron chi connectivity index (χ3n) is 6.85. The van der Waals surface area contributed by atoms with Crippen LogP contribution in [0.4, 0.5) is 13.2 Å². The number of fused-ring (bicyclic) bond motifs is 1. The van der Waals surface area contributed by atoms with Crippen LogP contribution in [0, 0.1) is 5.82 Å². The van der Waals surface area contributed by atoms with E-state index >= 15 is 0 Å². The van der Waals surface area contributed by atoms with E-state index in [-0.39, 0.29) is 36.8 Å². The van der Waals surface area contributed by atoms with E-state index in [9.17, 15) is 21.6 Å². The zero-order valence-electron chi connectivity index (χ0n) is 20.8. The molecule has 0 aliphatic carbocycles. The average Bonchev–Trinajstić information content (AvgIpc) is 3.69. The van der Waals surface area contributed by atoms with Crippen molar-refractivity contribution < 1.29 is 26.3 Å². The van der Waals surface area contributed by atoms with Crippen molar-refractivity contribution in [3.63, 3.8) is 0 Å². The van der Waals surface area contributed by atoms with Gasteiger partial charge in [0.15, 0.2) is 10.8 Å². The van der Waals surface area contributed by atoms with E-state index in [0.29, 0.717) is 45.6 Å². The van der Waals surface area contributed by atoms with Crippen LogP contribution in [-0.2, 0) is 14.9 Å². The van der Waals surface area contributed by atoms with E-state index < -0.39 is 34.7 Å². The molecule has 6 rings (SSSR count). The smallest absolute Gasteiger partial charge is 0.333 e. The van der Waals surface area contributed by atoms with Crippen molar-refractivity contribution >= 4 is 44.6 Å². The van der Waals surface area contributed by atoms with Crippen molar-refractivity contribution in [3.05, 3.63) is 74.8 Å². The maximum atomic E-state index is 14.0. The summed E-state index contributed by atoms with van der Waals surface area (Å²) in [6.07, 6.45) is 3.01. The van der Waals surface area contributed by atoms with Crippen LogP contribution in [0.2, 0.25) is 5.02 Å². The first kappa shape index (κ1) is 27.4. The monoisotopic (exact) mass is 613 g/mol. The number of amidine groups is 1. The number of ether oxygens (including phenoxy) is 1. The summed E-state index contributed by atoms with van der Waals surface area (Å²) in [5, 5.41) is 6.57. The molecule has 2 saturated heterocycles. The summed E-state index contributed by atoms with van der Waals surface area (Å²) in [6.45, 7) is -1.55. The van der Waals surface area contributed by atoms with Gasteiger partial charge in [0.2, 0.25) is 0 Å². The van der Waals surface area contributed by atoms with Crippen LogP contribution in [0.5, 0.6) is 0 Å². The molecule has 16 heteroatoms. The average molecular weight is 614 g/mol. The molecule has 0 saturated carbocycles. The largest absolute Gasteiger partial charge is 0.379 e. The summed E-state index contributed by atoms with van der Waals surface area (Å²) in [7, 11) is -3.83. The summed E-state index contributed by atoms with van der Waals surface area (Å²) in [6, 6.07) is 3.96. The third kappa shape index (κ3) is 5.17. The first-order chi connectivity index (χ1) is 19.2. The number of benzene rings is 1. The lowest BCUT2D eigenvalue weighted by molar-refractivity contribution is 0.0564. The minimum Gasteiger partial charge on any atom is -0.379 e. The lowest BCUT2D eigenvalue weighted by atomic mass is 9.92. The van der Waals surface area contributed by atoms with Crippen LogP contribution < -0.4 is 4.72 Å². The van der Waals surface area contributed by atoms with Crippen molar-refractivity contribution in [2.75, 3.05) is 32.8 Å². The van der Waals surface area contributed by atoms with Gasteiger partial charge in [0.1, 0.15) is 11.9 Å². The van der Waals surface area contributed by atoms with Gasteiger partial charge in [-0.2, -0.15) is 31.3 Å². The van der Waals surface area contributed by atoms with Crippen LogP contribution >= 0.6 is 22.9 Å². The van der Waals surface area contributed by atoms with Crippen molar-refractivity contribution in [3.8, 4) is 0 Å². The van der Waals surface area contributed by atoms with E-state index in [4.69, 9.17) is 21.3 Å². The van der Waals surface area contributed by atoms with Crippen LogP contribution in [0.15, 0.2) is 52.7 Å². The molecule has 40 heavy (non-hydrogen) atoms. The number of nitrogens with zero attached hydrogens (tertiary/aromatic N) is 6. The predicted octanol–water partition coefficient (Wildman–Crippen LogP) is 3.68. The van der Waals surface area contributed by atoms with Crippen LogP contribution in [0.3, 0.4) is 0 Å². The number of alkyl halides is 2. The summed E-state index contributed by atoms with van der Waals surface area (Å²) in [5.74, 6) is -0.0644. The Morgan fingerprint density at radius 2 is 2.00 bits per heavy atom. The van der Waals surface area contributed by atoms with Gasteiger partial charge in [-0.15, -0.1) is 11.3 Å². The van der Waals surface area contributed by atoms with Gasteiger partial charge in [-0.05, 0) is 18.2 Å². The van der Waals surface area contributed by atoms with Crippen molar-refractivity contribution in [2.45, 2.75) is 25.1 Å². The van der Waals surface area contributed by atoms with Gasteiger partial charge in [-0.25, -0.2) is 14.1 Å². The minimum atomic E-state index is -3.83. The second kappa shape index (κ2) is 10.9. The molecule has 10 nitrogen and oxygen atoms in total. The highest BCUT2D eigenvalue weighted by atomic mass is 35.5. The molecule has 0 bridgehead atoms. The topological polar surface area (TPSA) is 105 Å². The van der Waals surface area contributed by atoms with Gasteiger partial charge in [-0.3, -0.25) is 4.99 Å². The lowest BCUT2D eigenvalue weighted by Crippen LogP contribution is -2.50. The van der Waals surface area contributed by atoms with Crippen LogP contribution in [-0.4, -0.2) is 77.1 Å². The van der Waals surface area contributed by atoms with Gasteiger partial charge in [0.25, 0.3) is 10.2 Å². The van der Waals surface area contributed by atoms with Crippen molar-refractivity contribution in [1.82, 2.24) is 28.7 Å². The first-order valence-corrected chi connectivity index (χ1v) is 15.0. The SMILES string of the molecule is O=S(=O)(N[C@H]1CC2=C(c3ccn(C(F)F)n3)[C@H](c3ccc(F)cc3Cl)N=C(c3nccs3)N2C1)N1CCOCC1. The number of aliphatic imine (C=N–C) groups is 1. The summed E-state index contributed by atoms with van der Waals surface area (Å²) >= 11 is 7.82. The molecule has 3 aliphatic rings. The Hall–Kier alpha value is -2.82. The number of thiazole rings is 1. The van der Waals surface area contributed by atoms with Crippen molar-refractivity contribution in [2.24, 2.45) is 4.99 Å². The van der Waals surface area contributed by atoms with E-state index in [1.807, 2.05) is 4.90 Å². The highest BCUT2D eigenvalue weighted by molar-refractivity contribution is 7.87. The molecule has 0 spiro atoms. The van der Waals surface area contributed by atoms with Gasteiger partial charge < -0.3 is 9.64 Å². The number of nitrogens with one attached hydrogen (secondary N) is 1. The number of halogens is 4. The molecule has 3 aliphatic heterocycles. The Bertz CT molecular complexity index is 1570. The van der Waals surface area contributed by atoms with Gasteiger partial charge in [-0.1, -0.05) is 17.7 Å². The van der Waals surface area contributed by atoms with E-state index in [1.165, 1.54) is 33.8 Å². The van der Waals surface area contributed by atoms with Gasteiger partial charge in [0, 0.05) is 71.7 Å². The maximum Gasteiger partial charge on any atom is 0.333 e. The Morgan fingerprint density at radius 3 is 2.67 bits per heavy atom. The number of hydrogen-bond donors (Lipinski definition) is 1. The zero-order chi connectivity index (χ0) is 28.0. The molecule has 0 amide bonds.